The Bertz CT molecular complexity index is 721. The third kappa shape index (κ3) is 3.08. The van der Waals surface area contributed by atoms with E-state index in [0.717, 1.165) is 36.1 Å². The summed E-state index contributed by atoms with van der Waals surface area (Å²) < 4.78 is 1.89. The maximum absolute atomic E-state index is 12.7. The van der Waals surface area contributed by atoms with Crippen LogP contribution < -0.4 is 10.6 Å². The van der Waals surface area contributed by atoms with Crippen LogP contribution in [0, 0.1) is 6.92 Å². The molecule has 124 valence electrons. The Hall–Kier alpha value is -1.95. The highest BCUT2D eigenvalue weighted by atomic mass is 16.1. The van der Waals surface area contributed by atoms with Crippen molar-refractivity contribution in [1.82, 2.24) is 25.4 Å². The van der Waals surface area contributed by atoms with E-state index in [2.05, 4.69) is 41.5 Å². The van der Waals surface area contributed by atoms with Gasteiger partial charge in [-0.3, -0.25) is 4.79 Å². The molecule has 0 saturated carbocycles. The number of nitrogens with zero attached hydrogens (tertiary/aromatic N) is 3. The van der Waals surface area contributed by atoms with E-state index in [0.29, 0.717) is 11.6 Å². The number of piperidine rings is 1. The zero-order valence-corrected chi connectivity index (χ0v) is 14.3. The number of amides is 1. The molecule has 1 aliphatic heterocycles. The van der Waals surface area contributed by atoms with Gasteiger partial charge in [-0.15, -0.1) is 0 Å². The van der Waals surface area contributed by atoms with Crippen molar-refractivity contribution in [3.63, 3.8) is 0 Å². The number of carbonyl (C=O) groups is 1. The lowest BCUT2D eigenvalue weighted by Crippen LogP contribution is -2.52. The quantitative estimate of drug-likeness (QED) is 0.911. The van der Waals surface area contributed by atoms with E-state index in [1.54, 1.807) is 6.20 Å². The first-order valence-electron chi connectivity index (χ1n) is 8.36. The van der Waals surface area contributed by atoms with Crippen LogP contribution in [0.1, 0.15) is 55.7 Å². The molecular formula is C17H25N5O. The SMILES string of the molecule is Cc1nc2c(cnn2C(C)C)cc1C(=O)NC1CCCNC1C. The summed E-state index contributed by atoms with van der Waals surface area (Å²) in [4.78, 5) is 17.3. The van der Waals surface area contributed by atoms with E-state index in [4.69, 9.17) is 0 Å². The number of hydrogen-bond acceptors (Lipinski definition) is 4. The molecule has 0 aliphatic carbocycles. The van der Waals surface area contributed by atoms with E-state index in [-0.39, 0.29) is 18.0 Å². The summed E-state index contributed by atoms with van der Waals surface area (Å²) in [5, 5.41) is 11.8. The van der Waals surface area contributed by atoms with E-state index in [9.17, 15) is 4.79 Å². The van der Waals surface area contributed by atoms with Crippen LogP contribution in [-0.2, 0) is 0 Å². The number of nitrogens with one attached hydrogen (secondary N) is 2. The highest BCUT2D eigenvalue weighted by Gasteiger charge is 2.24. The molecule has 2 aromatic rings. The fourth-order valence-corrected chi connectivity index (χ4v) is 3.16. The summed E-state index contributed by atoms with van der Waals surface area (Å²) >= 11 is 0. The number of rotatable bonds is 3. The Labute approximate surface area is 136 Å². The normalized spacial score (nSPS) is 21.8. The molecule has 2 aromatic heterocycles. The van der Waals surface area contributed by atoms with Crippen molar-refractivity contribution < 1.29 is 4.79 Å². The molecule has 1 saturated heterocycles. The van der Waals surface area contributed by atoms with Crippen molar-refractivity contribution in [2.24, 2.45) is 0 Å². The third-order valence-electron chi connectivity index (χ3n) is 4.57. The van der Waals surface area contributed by atoms with Crippen LogP contribution in [0.15, 0.2) is 12.3 Å². The molecule has 6 nitrogen and oxygen atoms in total. The van der Waals surface area contributed by atoms with Gasteiger partial charge in [-0.25, -0.2) is 9.67 Å². The fraction of sp³-hybridized carbons (Fsp3) is 0.588. The van der Waals surface area contributed by atoms with Gasteiger partial charge in [0.25, 0.3) is 5.91 Å². The molecule has 23 heavy (non-hydrogen) atoms. The van der Waals surface area contributed by atoms with Gasteiger partial charge in [-0.2, -0.15) is 5.10 Å². The Morgan fingerprint density at radius 1 is 1.48 bits per heavy atom. The minimum atomic E-state index is -0.0465. The Morgan fingerprint density at radius 3 is 2.96 bits per heavy atom. The molecule has 2 unspecified atom stereocenters. The van der Waals surface area contributed by atoms with Gasteiger partial charge < -0.3 is 10.6 Å². The smallest absolute Gasteiger partial charge is 0.253 e. The first-order valence-corrected chi connectivity index (χ1v) is 8.36. The van der Waals surface area contributed by atoms with Crippen LogP contribution in [0.4, 0.5) is 0 Å². The number of carbonyl (C=O) groups excluding carboxylic acids is 1. The van der Waals surface area contributed by atoms with Crippen LogP contribution in [0.3, 0.4) is 0 Å². The maximum Gasteiger partial charge on any atom is 0.253 e. The third-order valence-corrected chi connectivity index (χ3v) is 4.57. The second-order valence-electron chi connectivity index (χ2n) is 6.68. The first-order chi connectivity index (χ1) is 11.0. The minimum Gasteiger partial charge on any atom is -0.348 e. The first kappa shape index (κ1) is 15.9. The lowest BCUT2D eigenvalue weighted by molar-refractivity contribution is 0.0919. The number of aryl methyl sites for hydroxylation is 1. The molecule has 3 heterocycles. The molecule has 2 atom stereocenters. The highest BCUT2D eigenvalue weighted by Crippen LogP contribution is 2.20. The van der Waals surface area contributed by atoms with Gasteiger partial charge >= 0.3 is 0 Å². The number of pyridine rings is 1. The topological polar surface area (TPSA) is 71.8 Å². The summed E-state index contributed by atoms with van der Waals surface area (Å²) in [7, 11) is 0. The van der Waals surface area contributed by atoms with Crippen molar-refractivity contribution in [3.05, 3.63) is 23.5 Å². The second kappa shape index (κ2) is 6.28. The van der Waals surface area contributed by atoms with Gasteiger partial charge in [0, 0.05) is 23.5 Å². The predicted molar refractivity (Wildman–Crippen MR) is 90.6 cm³/mol. The maximum atomic E-state index is 12.7. The number of fused-ring (bicyclic) bond motifs is 1. The van der Waals surface area contributed by atoms with Crippen LogP contribution in [-0.4, -0.2) is 39.3 Å². The van der Waals surface area contributed by atoms with Crippen molar-refractivity contribution in [3.8, 4) is 0 Å². The van der Waals surface area contributed by atoms with Gasteiger partial charge in [0.05, 0.1) is 17.5 Å². The summed E-state index contributed by atoms with van der Waals surface area (Å²) in [6.45, 7) is 9.16. The van der Waals surface area contributed by atoms with Gasteiger partial charge in [-0.05, 0) is 53.1 Å². The van der Waals surface area contributed by atoms with Crippen molar-refractivity contribution >= 4 is 16.9 Å². The van der Waals surface area contributed by atoms with Crippen LogP contribution in [0.5, 0.6) is 0 Å². The second-order valence-corrected chi connectivity index (χ2v) is 6.68. The summed E-state index contributed by atoms with van der Waals surface area (Å²) in [6, 6.07) is 2.62. The zero-order chi connectivity index (χ0) is 16.6. The molecule has 3 rings (SSSR count). The van der Waals surface area contributed by atoms with Crippen molar-refractivity contribution in [2.45, 2.75) is 58.7 Å². The number of hydrogen-bond donors (Lipinski definition) is 2. The molecule has 0 bridgehead atoms. The van der Waals surface area contributed by atoms with Gasteiger partial charge in [0.2, 0.25) is 0 Å². The summed E-state index contributed by atoms with van der Waals surface area (Å²) in [5.41, 5.74) is 2.22. The van der Waals surface area contributed by atoms with Gasteiger partial charge in [0.1, 0.15) is 0 Å². The number of aromatic nitrogens is 3. The van der Waals surface area contributed by atoms with E-state index >= 15 is 0 Å². The predicted octanol–water partition coefficient (Wildman–Crippen LogP) is 2.19. The van der Waals surface area contributed by atoms with E-state index in [1.165, 1.54) is 0 Å². The van der Waals surface area contributed by atoms with E-state index < -0.39 is 0 Å². The van der Waals surface area contributed by atoms with Gasteiger partial charge in [-0.1, -0.05) is 0 Å². The largest absolute Gasteiger partial charge is 0.348 e. The molecule has 1 amide bonds. The zero-order valence-electron chi connectivity index (χ0n) is 14.3. The summed E-state index contributed by atoms with van der Waals surface area (Å²) in [5.74, 6) is -0.0465. The molecule has 1 aliphatic rings. The Balaban J connectivity index is 1.87. The van der Waals surface area contributed by atoms with Crippen molar-refractivity contribution in [2.75, 3.05) is 6.54 Å². The Kier molecular flexibility index (Phi) is 4.35. The minimum absolute atomic E-state index is 0.0465. The van der Waals surface area contributed by atoms with Crippen molar-refractivity contribution in [1.29, 1.82) is 0 Å². The standard InChI is InChI=1S/C17H25N5O/c1-10(2)22-16-13(9-19-22)8-14(11(3)20-16)17(23)21-15-6-5-7-18-12(15)4/h8-10,12,15,18H,5-7H2,1-4H3,(H,21,23). The van der Waals surface area contributed by atoms with Crippen LogP contribution in [0.2, 0.25) is 0 Å². The monoisotopic (exact) mass is 315 g/mol. The molecular weight excluding hydrogens is 290 g/mol. The highest BCUT2D eigenvalue weighted by molar-refractivity contribution is 5.98. The molecule has 0 spiro atoms. The summed E-state index contributed by atoms with van der Waals surface area (Å²) in [6.07, 6.45) is 3.88. The molecule has 1 fully saturated rings. The van der Waals surface area contributed by atoms with Crippen LogP contribution >= 0.6 is 0 Å². The molecule has 2 N–H and O–H groups in total. The fourth-order valence-electron chi connectivity index (χ4n) is 3.16. The molecule has 6 heteroatoms. The van der Waals surface area contributed by atoms with E-state index in [1.807, 2.05) is 17.7 Å². The lowest BCUT2D eigenvalue weighted by Gasteiger charge is -2.30. The average molecular weight is 315 g/mol. The Morgan fingerprint density at radius 2 is 2.26 bits per heavy atom. The average Bonchev–Trinajstić information content (AvgIpc) is 2.91. The molecule has 0 aromatic carbocycles. The molecule has 0 radical (unpaired) electrons. The lowest BCUT2D eigenvalue weighted by atomic mass is 9.99. The van der Waals surface area contributed by atoms with Crippen LogP contribution in [0.25, 0.3) is 11.0 Å². The van der Waals surface area contributed by atoms with Gasteiger partial charge in [0.15, 0.2) is 5.65 Å².